The van der Waals surface area contributed by atoms with Crippen LogP contribution in [0.1, 0.15) is 41.7 Å². The van der Waals surface area contributed by atoms with Crippen LogP contribution in [0.3, 0.4) is 0 Å². The zero-order chi connectivity index (χ0) is 24.5. The fourth-order valence-electron chi connectivity index (χ4n) is 5.24. The maximum Gasteiger partial charge on any atom is 0.217 e. The Hall–Kier alpha value is -3.22. The van der Waals surface area contributed by atoms with E-state index in [1.807, 2.05) is 0 Å². The highest BCUT2D eigenvalue weighted by molar-refractivity contribution is 7.79. The van der Waals surface area contributed by atoms with Gasteiger partial charge in [-0.1, -0.05) is 91.0 Å². The van der Waals surface area contributed by atoms with Crippen LogP contribution < -0.4 is 15.9 Å². The van der Waals surface area contributed by atoms with E-state index in [0.717, 1.165) is 31.6 Å². The molecule has 5 aliphatic rings. The summed E-state index contributed by atoms with van der Waals surface area (Å²) in [6, 6.07) is 36.3. The lowest BCUT2D eigenvalue weighted by Crippen LogP contribution is -2.24. The number of hydrogen-bond donors (Lipinski definition) is 0. The smallest absolute Gasteiger partial charge is 0.217 e. The minimum Gasteiger partial charge on any atom is -0.475 e. The summed E-state index contributed by atoms with van der Waals surface area (Å²) in [4.78, 5) is 4.93. The highest BCUT2D eigenvalue weighted by Gasteiger charge is 2.29. The van der Waals surface area contributed by atoms with Crippen LogP contribution in [0.2, 0.25) is 0 Å². The molecule has 0 unspecified atom stereocenters. The van der Waals surface area contributed by atoms with Gasteiger partial charge in [-0.15, -0.1) is 0 Å². The zero-order valence-corrected chi connectivity index (χ0v) is 22.0. The van der Waals surface area contributed by atoms with Crippen molar-refractivity contribution in [3.8, 4) is 0 Å². The Morgan fingerprint density at radius 1 is 0.667 bits per heavy atom. The molecule has 2 nitrogen and oxygen atoms in total. The molecule has 0 aromatic heterocycles. The van der Waals surface area contributed by atoms with E-state index in [9.17, 15) is 0 Å². The molecular weight excluding hydrogens is 457 g/mol. The van der Waals surface area contributed by atoms with E-state index in [4.69, 9.17) is 9.73 Å². The van der Waals surface area contributed by atoms with E-state index in [1.54, 1.807) is 0 Å². The van der Waals surface area contributed by atoms with Gasteiger partial charge in [-0.25, -0.2) is 4.99 Å². The molecule has 0 N–H and O–H groups in total. The number of aryl methyl sites for hydroxylation is 4. The monoisotopic (exact) mass is 489 g/mol. The molecule has 9 rings (SSSR count). The number of benzene rings is 4. The molecule has 4 aromatic carbocycles. The third kappa shape index (κ3) is 4.75. The van der Waals surface area contributed by atoms with Gasteiger partial charge in [0.2, 0.25) is 5.90 Å². The van der Waals surface area contributed by atoms with Crippen LogP contribution in [0.15, 0.2) is 102 Å². The molecule has 0 saturated heterocycles. The van der Waals surface area contributed by atoms with Crippen LogP contribution >= 0.6 is 7.92 Å². The van der Waals surface area contributed by atoms with Gasteiger partial charge in [-0.2, -0.15) is 0 Å². The number of rotatable bonds is 4. The molecule has 0 saturated carbocycles. The molecular formula is C33H32NOP. The van der Waals surface area contributed by atoms with Gasteiger partial charge in [0, 0.05) is 5.56 Å². The summed E-state index contributed by atoms with van der Waals surface area (Å²) >= 11 is 0. The van der Waals surface area contributed by atoms with Crippen LogP contribution in [0.4, 0.5) is 0 Å². The second kappa shape index (κ2) is 9.68. The van der Waals surface area contributed by atoms with Crippen LogP contribution in [0, 0.1) is 0 Å². The van der Waals surface area contributed by atoms with Crippen molar-refractivity contribution in [2.75, 3.05) is 6.61 Å². The number of nitrogens with zero attached hydrogens (tertiary/aromatic N) is 1. The first-order valence-electron chi connectivity index (χ1n) is 12.9. The minimum atomic E-state index is -0.633. The van der Waals surface area contributed by atoms with Gasteiger partial charge in [0.1, 0.15) is 6.61 Å². The molecule has 0 amide bonds. The summed E-state index contributed by atoms with van der Waals surface area (Å²) in [7, 11) is -0.633. The van der Waals surface area contributed by atoms with E-state index >= 15 is 0 Å². The van der Waals surface area contributed by atoms with Gasteiger partial charge < -0.3 is 4.74 Å². The summed E-state index contributed by atoms with van der Waals surface area (Å²) in [5.41, 5.74) is 6.57. The second-order valence-electron chi connectivity index (χ2n) is 10.5. The topological polar surface area (TPSA) is 21.6 Å². The molecule has 0 spiro atoms. The highest BCUT2D eigenvalue weighted by atomic mass is 31.1. The Morgan fingerprint density at radius 3 is 1.86 bits per heavy atom. The number of ether oxygens (including phenoxy) is 1. The predicted octanol–water partition coefficient (Wildman–Crippen LogP) is 5.88. The highest BCUT2D eigenvalue weighted by Crippen LogP contribution is 2.35. The molecule has 36 heavy (non-hydrogen) atoms. The first-order chi connectivity index (χ1) is 17.6. The first kappa shape index (κ1) is 23.2. The van der Waals surface area contributed by atoms with Gasteiger partial charge in [-0.3, -0.25) is 0 Å². The fourth-order valence-corrected chi connectivity index (χ4v) is 7.81. The number of hydrogen-bond acceptors (Lipinski definition) is 2. The lowest BCUT2D eigenvalue weighted by atomic mass is 9.93. The lowest BCUT2D eigenvalue weighted by molar-refractivity contribution is 0.279. The normalized spacial score (nSPS) is 16.4. The Morgan fingerprint density at radius 2 is 1.25 bits per heavy atom. The van der Waals surface area contributed by atoms with Crippen molar-refractivity contribution >= 4 is 29.7 Å². The average molecular weight is 490 g/mol. The van der Waals surface area contributed by atoms with Crippen molar-refractivity contribution in [2.45, 2.75) is 45.1 Å². The van der Waals surface area contributed by atoms with Crippen molar-refractivity contribution < 1.29 is 4.74 Å². The molecule has 4 bridgehead atoms. The number of aliphatic imine (C=N–C) groups is 1. The molecule has 3 heteroatoms. The van der Waals surface area contributed by atoms with Crippen LogP contribution in [-0.2, 0) is 30.4 Å². The van der Waals surface area contributed by atoms with Gasteiger partial charge in [-0.05, 0) is 91.7 Å². The SMILES string of the molecule is CC1(C)COC(c2cc3ccc2CCc2ccc(cc2P(c2ccccc2)c2ccccc2)CC3)=N1. The summed E-state index contributed by atoms with van der Waals surface area (Å²) in [6.45, 7) is 4.94. The summed E-state index contributed by atoms with van der Waals surface area (Å²) < 4.78 is 6.10. The molecule has 1 heterocycles. The van der Waals surface area contributed by atoms with Gasteiger partial charge in [0.15, 0.2) is 0 Å². The summed E-state index contributed by atoms with van der Waals surface area (Å²) in [5, 5.41) is 4.31. The van der Waals surface area contributed by atoms with Gasteiger partial charge in [0.05, 0.1) is 5.54 Å². The van der Waals surface area contributed by atoms with E-state index in [0.29, 0.717) is 6.61 Å². The Labute approximate surface area is 215 Å². The molecule has 1 aliphatic heterocycles. The molecule has 0 fully saturated rings. The zero-order valence-electron chi connectivity index (χ0n) is 21.1. The Kier molecular flexibility index (Phi) is 6.23. The average Bonchev–Trinajstić information content (AvgIpc) is 3.26. The lowest BCUT2D eigenvalue weighted by Gasteiger charge is -2.24. The Bertz CT molecular complexity index is 1370. The largest absolute Gasteiger partial charge is 0.475 e. The third-order valence-electron chi connectivity index (χ3n) is 7.16. The first-order valence-corrected chi connectivity index (χ1v) is 14.3. The Balaban J connectivity index is 1.44. The standard InChI is InChI=1S/C33H32NOP/c1-33(2)23-35-32(34-33)30-21-24-13-14-25-16-18-27(20-19-26(30)17-15-24)31(22-25)36(28-9-5-3-6-10-28)29-11-7-4-8-12-29/h3-12,15-18,21-22H,13-14,19-20,23H2,1-2H3. The minimum absolute atomic E-state index is 0.155. The molecule has 4 aromatic rings. The van der Waals surface area contributed by atoms with Crippen LogP contribution in [-0.4, -0.2) is 18.0 Å². The fraction of sp³-hybridized carbons (Fsp3) is 0.242. The molecule has 0 atom stereocenters. The van der Waals surface area contributed by atoms with Crippen LogP contribution in [0.5, 0.6) is 0 Å². The van der Waals surface area contributed by atoms with Gasteiger partial charge in [0.25, 0.3) is 0 Å². The van der Waals surface area contributed by atoms with Crippen molar-refractivity contribution in [2.24, 2.45) is 4.99 Å². The van der Waals surface area contributed by atoms with E-state index < -0.39 is 7.92 Å². The maximum atomic E-state index is 6.10. The van der Waals surface area contributed by atoms with Gasteiger partial charge >= 0.3 is 0 Å². The van der Waals surface area contributed by atoms with E-state index in [1.165, 1.54) is 43.7 Å². The third-order valence-corrected chi connectivity index (χ3v) is 9.68. The molecule has 4 aliphatic carbocycles. The molecule has 0 radical (unpaired) electrons. The van der Waals surface area contributed by atoms with Crippen molar-refractivity contribution in [1.29, 1.82) is 0 Å². The summed E-state index contributed by atoms with van der Waals surface area (Å²) in [5.74, 6) is 0.818. The molecule has 180 valence electrons. The predicted molar refractivity (Wildman–Crippen MR) is 153 cm³/mol. The van der Waals surface area contributed by atoms with E-state index in [-0.39, 0.29) is 5.54 Å². The van der Waals surface area contributed by atoms with E-state index in [2.05, 4.69) is 111 Å². The van der Waals surface area contributed by atoms with Crippen molar-refractivity contribution in [1.82, 2.24) is 0 Å². The second-order valence-corrected chi connectivity index (χ2v) is 12.7. The summed E-state index contributed by atoms with van der Waals surface area (Å²) in [6.07, 6.45) is 4.00. The quantitative estimate of drug-likeness (QED) is 0.328. The van der Waals surface area contributed by atoms with Crippen molar-refractivity contribution in [3.05, 3.63) is 125 Å². The maximum absolute atomic E-state index is 6.10. The van der Waals surface area contributed by atoms with Crippen molar-refractivity contribution in [3.63, 3.8) is 0 Å². The van der Waals surface area contributed by atoms with Crippen LogP contribution in [0.25, 0.3) is 0 Å².